The van der Waals surface area contributed by atoms with Gasteiger partial charge in [-0.2, -0.15) is 0 Å². The molecule has 0 atom stereocenters. The maximum Gasteiger partial charge on any atom is 0.307 e. The predicted molar refractivity (Wildman–Crippen MR) is 43.3 cm³/mol. The molecule has 0 aromatic carbocycles. The van der Waals surface area contributed by atoms with E-state index < -0.39 is 4.30 Å². The number of hydrogen-bond donors (Lipinski definition) is 0. The average molecular weight is 205 g/mol. The largest absolute Gasteiger partial charge is 0.435 e. The highest BCUT2D eigenvalue weighted by atomic mass is 35.6. The molecule has 0 aromatic heterocycles. The van der Waals surface area contributed by atoms with Crippen molar-refractivity contribution in [3.8, 4) is 0 Å². The molecule has 0 unspecified atom stereocenters. The van der Waals surface area contributed by atoms with Crippen LogP contribution in [0.4, 0.5) is 0 Å². The number of ether oxygens (including phenoxy) is 1. The topological polar surface area (TPSA) is 26.3 Å². The monoisotopic (exact) mass is 204 g/mol. The van der Waals surface area contributed by atoms with Gasteiger partial charge in [0.05, 0.1) is 6.26 Å². The van der Waals surface area contributed by atoms with Crippen molar-refractivity contribution in [1.29, 1.82) is 0 Å². The molecular formula is C5H7Cl3O2. The molecule has 0 radical (unpaired) electrons. The van der Waals surface area contributed by atoms with E-state index in [1.165, 1.54) is 6.92 Å². The molecule has 0 saturated heterocycles. The zero-order valence-corrected chi connectivity index (χ0v) is 7.58. The Bertz CT molecular complexity index is 100. The summed E-state index contributed by atoms with van der Waals surface area (Å²) < 4.78 is 3.42. The molecule has 0 aromatic rings. The third-order valence-corrected chi connectivity index (χ3v) is 0.249. The van der Waals surface area contributed by atoms with Gasteiger partial charge in [-0.05, 0) is 0 Å². The van der Waals surface area contributed by atoms with Gasteiger partial charge in [-0.1, -0.05) is 41.4 Å². The summed E-state index contributed by atoms with van der Waals surface area (Å²) in [6, 6.07) is 0. The van der Waals surface area contributed by atoms with Gasteiger partial charge in [0.25, 0.3) is 0 Å². The molecule has 0 aliphatic rings. The van der Waals surface area contributed by atoms with Crippen LogP contribution in [0.25, 0.3) is 0 Å². The predicted octanol–water partition coefficient (Wildman–Crippen LogP) is 2.68. The first-order chi connectivity index (χ1) is 4.50. The lowest BCUT2D eigenvalue weighted by molar-refractivity contribution is -0.135. The third-order valence-electron chi connectivity index (χ3n) is 0.249. The molecule has 0 bridgehead atoms. The molecule has 0 fully saturated rings. The lowest BCUT2D eigenvalue weighted by Crippen LogP contribution is -1.87. The maximum absolute atomic E-state index is 9.75. The summed E-state index contributed by atoms with van der Waals surface area (Å²) in [5.74, 6) is -0.329. The Hall–Kier alpha value is 0.0800. The van der Waals surface area contributed by atoms with Crippen LogP contribution in [0.3, 0.4) is 0 Å². The minimum absolute atomic E-state index is 0.329. The minimum atomic E-state index is -0.750. The van der Waals surface area contributed by atoms with Crippen LogP contribution in [-0.4, -0.2) is 10.3 Å². The van der Waals surface area contributed by atoms with Gasteiger partial charge in [0, 0.05) is 6.92 Å². The summed E-state index contributed by atoms with van der Waals surface area (Å²) >= 11 is 14.4. The van der Waals surface area contributed by atoms with Crippen LogP contribution in [0.1, 0.15) is 6.92 Å². The van der Waals surface area contributed by atoms with Gasteiger partial charge in [0.15, 0.2) is 4.30 Å². The van der Waals surface area contributed by atoms with Crippen LogP contribution in [0, 0.1) is 0 Å². The molecule has 0 N–H and O–H groups in total. The second-order valence-electron chi connectivity index (χ2n) is 1.02. The van der Waals surface area contributed by atoms with Crippen molar-refractivity contribution in [3.63, 3.8) is 0 Å². The molecule has 0 aliphatic heterocycles. The molecule has 5 heteroatoms. The Morgan fingerprint density at radius 2 is 1.90 bits per heavy atom. The number of hydrogen-bond acceptors (Lipinski definition) is 2. The van der Waals surface area contributed by atoms with Crippen molar-refractivity contribution in [2.45, 2.75) is 11.2 Å². The molecule has 2 nitrogen and oxygen atoms in total. The number of carbonyl (C=O) groups excluding carboxylic acids is 1. The van der Waals surface area contributed by atoms with Gasteiger partial charge in [-0.15, -0.1) is 0 Å². The zero-order chi connectivity index (χ0) is 8.57. The molecule has 10 heavy (non-hydrogen) atoms. The second-order valence-corrected chi connectivity index (χ2v) is 3.00. The van der Waals surface area contributed by atoms with Gasteiger partial charge in [-0.25, -0.2) is 0 Å². The fourth-order valence-electron chi connectivity index (χ4n) is 0.117. The highest BCUT2D eigenvalue weighted by Crippen LogP contribution is 2.03. The van der Waals surface area contributed by atoms with E-state index in [1.807, 2.05) is 0 Å². The SMILES string of the molecule is C=COC(C)=O.ClC(Cl)Cl. The van der Waals surface area contributed by atoms with Crippen molar-refractivity contribution in [2.75, 3.05) is 0 Å². The number of rotatable bonds is 1. The summed E-state index contributed by atoms with van der Waals surface area (Å²) in [6.07, 6.45) is 1.10. The van der Waals surface area contributed by atoms with Crippen molar-refractivity contribution in [3.05, 3.63) is 12.8 Å². The molecule has 0 saturated carbocycles. The summed E-state index contributed by atoms with van der Waals surface area (Å²) in [5, 5.41) is 0. The second kappa shape index (κ2) is 9.08. The molecular weight excluding hydrogens is 198 g/mol. The van der Waals surface area contributed by atoms with E-state index in [4.69, 9.17) is 34.8 Å². The van der Waals surface area contributed by atoms with Crippen molar-refractivity contribution >= 4 is 40.8 Å². The Balaban J connectivity index is 0. The summed E-state index contributed by atoms with van der Waals surface area (Å²) in [5.41, 5.74) is 0. The maximum atomic E-state index is 9.75. The number of esters is 1. The molecule has 0 heterocycles. The van der Waals surface area contributed by atoms with E-state index in [1.54, 1.807) is 0 Å². The Morgan fingerprint density at radius 3 is 1.90 bits per heavy atom. The Kier molecular flexibility index (Phi) is 11.6. The molecule has 60 valence electrons. The average Bonchev–Trinajstić information content (AvgIpc) is 1.62. The normalized spacial score (nSPS) is 7.70. The first-order valence-electron chi connectivity index (χ1n) is 2.21. The molecule has 0 spiro atoms. The fourth-order valence-corrected chi connectivity index (χ4v) is 0.117. The third kappa shape index (κ3) is 42.7. The summed E-state index contributed by atoms with van der Waals surface area (Å²) in [4.78, 5) is 9.75. The molecule has 0 aliphatic carbocycles. The van der Waals surface area contributed by atoms with Crippen LogP contribution in [-0.2, 0) is 9.53 Å². The first-order valence-corrected chi connectivity index (χ1v) is 3.52. The van der Waals surface area contributed by atoms with Gasteiger partial charge >= 0.3 is 5.97 Å². The molecule has 0 rings (SSSR count). The van der Waals surface area contributed by atoms with E-state index in [2.05, 4.69) is 11.3 Å². The highest BCUT2D eigenvalue weighted by Gasteiger charge is 1.79. The van der Waals surface area contributed by atoms with Crippen LogP contribution < -0.4 is 0 Å². The van der Waals surface area contributed by atoms with Crippen molar-refractivity contribution in [2.24, 2.45) is 0 Å². The first kappa shape index (κ1) is 12.7. The van der Waals surface area contributed by atoms with Gasteiger partial charge in [0.2, 0.25) is 0 Å². The lowest BCUT2D eigenvalue weighted by Gasteiger charge is -1.83. The van der Waals surface area contributed by atoms with Gasteiger partial charge in [-0.3, -0.25) is 4.79 Å². The van der Waals surface area contributed by atoms with E-state index >= 15 is 0 Å². The molecule has 0 amide bonds. The van der Waals surface area contributed by atoms with Crippen molar-refractivity contribution < 1.29 is 9.53 Å². The lowest BCUT2D eigenvalue weighted by atomic mass is 10.8. The number of halogens is 3. The number of carbonyl (C=O) groups is 1. The summed E-state index contributed by atoms with van der Waals surface area (Å²) in [6.45, 7) is 4.48. The standard InChI is InChI=1S/C4H6O2.CHCl3/c1-3-6-4(2)5;2-1(3)4/h3H,1H2,2H3;1H. The van der Waals surface area contributed by atoms with Crippen LogP contribution in [0.5, 0.6) is 0 Å². The highest BCUT2D eigenvalue weighted by molar-refractivity contribution is 6.63. The van der Waals surface area contributed by atoms with Gasteiger partial charge < -0.3 is 4.74 Å². The van der Waals surface area contributed by atoms with Crippen LogP contribution >= 0.6 is 34.8 Å². The Labute approximate surface area is 74.7 Å². The van der Waals surface area contributed by atoms with Crippen molar-refractivity contribution in [1.82, 2.24) is 0 Å². The van der Waals surface area contributed by atoms with E-state index in [-0.39, 0.29) is 5.97 Å². The zero-order valence-electron chi connectivity index (χ0n) is 5.31. The van der Waals surface area contributed by atoms with Crippen LogP contribution in [0.15, 0.2) is 12.8 Å². The van der Waals surface area contributed by atoms with Crippen LogP contribution in [0.2, 0.25) is 0 Å². The van der Waals surface area contributed by atoms with Gasteiger partial charge in [0.1, 0.15) is 0 Å². The quantitative estimate of drug-likeness (QED) is 0.374. The number of alkyl halides is 3. The Morgan fingerprint density at radius 1 is 1.60 bits per heavy atom. The smallest absolute Gasteiger partial charge is 0.307 e. The fraction of sp³-hybridized carbons (Fsp3) is 0.400. The minimum Gasteiger partial charge on any atom is -0.435 e. The van der Waals surface area contributed by atoms with E-state index in [0.717, 1.165) is 6.26 Å². The van der Waals surface area contributed by atoms with E-state index in [9.17, 15) is 4.79 Å². The summed E-state index contributed by atoms with van der Waals surface area (Å²) in [7, 11) is 0. The van der Waals surface area contributed by atoms with E-state index in [0.29, 0.717) is 0 Å².